The summed E-state index contributed by atoms with van der Waals surface area (Å²) in [6.45, 7) is 5.79. The van der Waals surface area contributed by atoms with Gasteiger partial charge in [0, 0.05) is 11.1 Å². The highest BCUT2D eigenvalue weighted by molar-refractivity contribution is 8.15. The van der Waals surface area contributed by atoms with Crippen molar-refractivity contribution in [2.75, 3.05) is 10.7 Å². The number of nitrogens with zero attached hydrogens (tertiary/aromatic N) is 5. The number of thioether (sulfide) groups is 1. The molecule has 0 bridgehead atoms. The second-order valence-corrected chi connectivity index (χ2v) is 10.8. The van der Waals surface area contributed by atoms with Crippen LogP contribution in [-0.4, -0.2) is 39.0 Å². The monoisotopic (exact) mass is 587 g/mol. The summed E-state index contributed by atoms with van der Waals surface area (Å²) in [4.78, 5) is 19.1. The van der Waals surface area contributed by atoms with Gasteiger partial charge in [0.1, 0.15) is 11.6 Å². The number of aromatic nitrogens is 2. The molecule has 1 aromatic heterocycles. The first-order valence-electron chi connectivity index (χ1n) is 13.0. The zero-order valence-corrected chi connectivity index (χ0v) is 23.6. The van der Waals surface area contributed by atoms with Crippen molar-refractivity contribution in [2.45, 2.75) is 27.1 Å². The molecule has 7 nitrogen and oxygen atoms in total. The molecule has 0 aliphatic carbocycles. The van der Waals surface area contributed by atoms with E-state index < -0.39 is 6.36 Å². The van der Waals surface area contributed by atoms with Gasteiger partial charge in [0.25, 0.3) is 0 Å². The first kappa shape index (κ1) is 27.5. The van der Waals surface area contributed by atoms with Crippen molar-refractivity contribution in [2.24, 2.45) is 10.2 Å². The minimum absolute atomic E-state index is 0.0265. The Morgan fingerprint density at radius 3 is 2.43 bits per heavy atom. The highest BCUT2D eigenvalue weighted by Crippen LogP contribution is 2.33. The SMILES string of the molecule is Cc1cccc(C)c1N1C(=O)CSC1=NN=Cc1ccc2c(ccc3c2nc(C)n3-c2ccc(OC(F)(F)F)cc2)c1. The molecule has 1 amide bonds. The third-order valence-electron chi connectivity index (χ3n) is 6.94. The molecule has 11 heteroatoms. The average Bonchev–Trinajstić information content (AvgIpc) is 3.47. The number of halogens is 3. The lowest BCUT2D eigenvalue weighted by atomic mass is 10.1. The van der Waals surface area contributed by atoms with E-state index in [0.717, 1.165) is 44.2 Å². The van der Waals surface area contributed by atoms with E-state index >= 15 is 0 Å². The van der Waals surface area contributed by atoms with Crippen LogP contribution < -0.4 is 9.64 Å². The smallest absolute Gasteiger partial charge is 0.406 e. The molecule has 1 aliphatic rings. The normalized spacial score (nSPS) is 15.1. The molecule has 42 heavy (non-hydrogen) atoms. The number of ether oxygens (including phenoxy) is 1. The van der Waals surface area contributed by atoms with Crippen LogP contribution in [0.4, 0.5) is 18.9 Å². The van der Waals surface area contributed by atoms with E-state index in [9.17, 15) is 18.0 Å². The Morgan fingerprint density at radius 1 is 0.976 bits per heavy atom. The molecule has 2 heterocycles. The predicted molar refractivity (Wildman–Crippen MR) is 161 cm³/mol. The fourth-order valence-electron chi connectivity index (χ4n) is 5.17. The summed E-state index contributed by atoms with van der Waals surface area (Å²) < 4.78 is 43.6. The van der Waals surface area contributed by atoms with E-state index in [1.807, 2.05) is 73.9 Å². The minimum Gasteiger partial charge on any atom is -0.406 e. The number of amides is 1. The Hall–Kier alpha value is -4.64. The molecule has 6 rings (SSSR count). The van der Waals surface area contributed by atoms with Gasteiger partial charge in [-0.1, -0.05) is 48.2 Å². The molecule has 1 saturated heterocycles. The minimum atomic E-state index is -4.75. The zero-order valence-electron chi connectivity index (χ0n) is 22.8. The van der Waals surface area contributed by atoms with Crippen LogP contribution in [0, 0.1) is 20.8 Å². The Balaban J connectivity index is 1.28. The summed E-state index contributed by atoms with van der Waals surface area (Å²) in [5.74, 6) is 0.696. The maximum absolute atomic E-state index is 12.7. The van der Waals surface area contributed by atoms with E-state index in [1.54, 1.807) is 23.2 Å². The third kappa shape index (κ3) is 5.23. The van der Waals surface area contributed by atoms with Gasteiger partial charge < -0.3 is 4.74 Å². The van der Waals surface area contributed by atoms with Crippen LogP contribution in [0.3, 0.4) is 0 Å². The highest BCUT2D eigenvalue weighted by Gasteiger charge is 2.32. The molecule has 0 spiro atoms. The van der Waals surface area contributed by atoms with Crippen LogP contribution in [0.15, 0.2) is 83.0 Å². The number of para-hydroxylation sites is 1. The molecule has 1 fully saturated rings. The first-order chi connectivity index (χ1) is 20.1. The van der Waals surface area contributed by atoms with Crippen molar-refractivity contribution in [3.63, 3.8) is 0 Å². The van der Waals surface area contributed by atoms with Gasteiger partial charge in [-0.05, 0) is 79.2 Å². The molecular weight excluding hydrogens is 563 g/mol. The van der Waals surface area contributed by atoms with E-state index in [4.69, 9.17) is 4.98 Å². The van der Waals surface area contributed by atoms with Crippen LogP contribution in [0.1, 0.15) is 22.5 Å². The van der Waals surface area contributed by atoms with Crippen LogP contribution in [-0.2, 0) is 4.79 Å². The van der Waals surface area contributed by atoms with E-state index in [2.05, 4.69) is 14.9 Å². The summed E-state index contributed by atoms with van der Waals surface area (Å²) >= 11 is 1.36. The standard InChI is InChI=1S/C31H24F3N5O2S/c1-18-5-4-6-19(2)29(18)39-27(40)17-42-30(39)37-35-16-21-7-13-25-22(15-21)8-14-26-28(25)36-20(3)38(26)23-9-11-24(12-10-23)41-31(32,33)34/h4-16H,17H2,1-3H3. The molecule has 0 saturated carbocycles. The number of carbonyl (C=O) groups excluding carboxylic acids is 1. The third-order valence-corrected chi connectivity index (χ3v) is 7.85. The highest BCUT2D eigenvalue weighted by atomic mass is 32.2. The van der Waals surface area contributed by atoms with Crippen LogP contribution >= 0.6 is 11.8 Å². The Kier molecular flexibility index (Phi) is 6.97. The number of hydrogen-bond acceptors (Lipinski definition) is 6. The Morgan fingerprint density at radius 2 is 1.71 bits per heavy atom. The second-order valence-electron chi connectivity index (χ2n) is 9.84. The number of carbonyl (C=O) groups is 1. The van der Waals surface area contributed by atoms with Gasteiger partial charge in [-0.2, -0.15) is 5.10 Å². The lowest BCUT2D eigenvalue weighted by Crippen LogP contribution is -2.30. The molecule has 4 aromatic carbocycles. The largest absolute Gasteiger partial charge is 0.573 e. The average molecular weight is 588 g/mol. The van der Waals surface area contributed by atoms with Crippen molar-refractivity contribution >= 4 is 56.5 Å². The van der Waals surface area contributed by atoms with E-state index in [1.165, 1.54) is 23.9 Å². The van der Waals surface area contributed by atoms with E-state index in [0.29, 0.717) is 22.4 Å². The number of aryl methyl sites for hydroxylation is 3. The van der Waals surface area contributed by atoms with Gasteiger partial charge in [-0.15, -0.1) is 18.3 Å². The lowest BCUT2D eigenvalue weighted by Gasteiger charge is -2.20. The Labute approximate surface area is 243 Å². The van der Waals surface area contributed by atoms with Crippen LogP contribution in [0.2, 0.25) is 0 Å². The van der Waals surface area contributed by atoms with Crippen molar-refractivity contribution in [3.8, 4) is 11.4 Å². The number of amidine groups is 1. The van der Waals surface area contributed by atoms with Crippen molar-refractivity contribution < 1.29 is 22.7 Å². The van der Waals surface area contributed by atoms with Crippen molar-refractivity contribution in [1.82, 2.24) is 9.55 Å². The fraction of sp³-hybridized carbons (Fsp3) is 0.161. The van der Waals surface area contributed by atoms with Gasteiger partial charge >= 0.3 is 6.36 Å². The summed E-state index contributed by atoms with van der Waals surface area (Å²) in [7, 11) is 0. The maximum Gasteiger partial charge on any atom is 0.573 e. The van der Waals surface area contributed by atoms with Gasteiger partial charge in [-0.3, -0.25) is 14.3 Å². The second kappa shape index (κ2) is 10.6. The van der Waals surface area contributed by atoms with Gasteiger partial charge in [0.15, 0.2) is 5.17 Å². The number of imidazole rings is 1. The van der Waals surface area contributed by atoms with Crippen LogP contribution in [0.25, 0.3) is 27.5 Å². The zero-order chi connectivity index (χ0) is 29.6. The number of hydrogen-bond donors (Lipinski definition) is 0. The summed E-state index contributed by atoms with van der Waals surface area (Å²) in [5, 5.41) is 11.1. The van der Waals surface area contributed by atoms with Gasteiger partial charge in [0.2, 0.25) is 5.91 Å². The molecule has 1 aliphatic heterocycles. The van der Waals surface area contributed by atoms with Gasteiger partial charge in [-0.25, -0.2) is 4.98 Å². The summed E-state index contributed by atoms with van der Waals surface area (Å²) in [5.41, 5.74) is 5.93. The molecule has 0 radical (unpaired) electrons. The number of rotatable bonds is 5. The van der Waals surface area contributed by atoms with Crippen LogP contribution in [0.5, 0.6) is 5.75 Å². The molecule has 0 atom stereocenters. The molecule has 212 valence electrons. The van der Waals surface area contributed by atoms with Gasteiger partial charge in [0.05, 0.1) is 28.7 Å². The number of benzene rings is 4. The van der Waals surface area contributed by atoms with Crippen molar-refractivity contribution in [3.05, 3.63) is 95.3 Å². The molecule has 0 N–H and O–H groups in total. The van der Waals surface area contributed by atoms with E-state index in [-0.39, 0.29) is 11.7 Å². The maximum atomic E-state index is 12.7. The predicted octanol–water partition coefficient (Wildman–Crippen LogP) is 7.47. The molecule has 0 unspecified atom stereocenters. The fourth-order valence-corrected chi connectivity index (χ4v) is 5.98. The Bertz CT molecular complexity index is 1890. The number of alkyl halides is 3. The molecular formula is C31H24F3N5O2S. The number of anilines is 1. The molecule has 5 aromatic rings. The topological polar surface area (TPSA) is 72.1 Å². The summed E-state index contributed by atoms with van der Waals surface area (Å²) in [6, 6.07) is 21.4. The van der Waals surface area contributed by atoms with Crippen molar-refractivity contribution in [1.29, 1.82) is 0 Å². The quantitative estimate of drug-likeness (QED) is 0.158. The first-order valence-corrected chi connectivity index (χ1v) is 14.0. The number of fused-ring (bicyclic) bond motifs is 3. The summed E-state index contributed by atoms with van der Waals surface area (Å²) in [6.07, 6.45) is -3.10. The lowest BCUT2D eigenvalue weighted by molar-refractivity contribution is -0.274.